The Morgan fingerprint density at radius 2 is 2.31 bits per heavy atom. The maximum Gasteiger partial charge on any atom is 0.243 e. The average Bonchev–Trinajstić information content (AvgIpc) is 2.17. The standard InChI is InChI=1S/C9H13ClN2O3S/c1-7(4-6-13)12-16(14,15)8-3-2-5-11-9(8)10/h2-3,5,7,12-13H,4,6H2,1H3. The van der Waals surface area contributed by atoms with Crippen molar-refractivity contribution in [3.05, 3.63) is 23.5 Å². The monoisotopic (exact) mass is 264 g/mol. The quantitative estimate of drug-likeness (QED) is 0.771. The van der Waals surface area contributed by atoms with Gasteiger partial charge in [-0.05, 0) is 25.5 Å². The molecule has 0 aliphatic rings. The third-order valence-electron chi connectivity index (χ3n) is 1.93. The van der Waals surface area contributed by atoms with Crippen LogP contribution >= 0.6 is 11.6 Å². The number of aliphatic hydroxyl groups excluding tert-OH is 1. The molecule has 2 N–H and O–H groups in total. The van der Waals surface area contributed by atoms with E-state index in [2.05, 4.69) is 9.71 Å². The van der Waals surface area contributed by atoms with Crippen molar-refractivity contribution in [3.63, 3.8) is 0 Å². The molecule has 1 rings (SSSR count). The summed E-state index contributed by atoms with van der Waals surface area (Å²) in [7, 11) is -3.67. The van der Waals surface area contributed by atoms with E-state index in [1.807, 2.05) is 0 Å². The highest BCUT2D eigenvalue weighted by molar-refractivity contribution is 7.89. The van der Waals surface area contributed by atoms with Gasteiger partial charge in [-0.1, -0.05) is 11.6 Å². The van der Waals surface area contributed by atoms with Crippen molar-refractivity contribution in [2.24, 2.45) is 0 Å². The largest absolute Gasteiger partial charge is 0.396 e. The summed E-state index contributed by atoms with van der Waals surface area (Å²) in [6.07, 6.45) is 1.76. The predicted octanol–water partition coefficient (Wildman–Crippen LogP) is 0.784. The van der Waals surface area contributed by atoms with Gasteiger partial charge < -0.3 is 5.11 Å². The first kappa shape index (κ1) is 13.4. The Hall–Kier alpha value is -0.690. The highest BCUT2D eigenvalue weighted by atomic mass is 35.5. The number of aromatic nitrogens is 1. The summed E-state index contributed by atoms with van der Waals surface area (Å²) in [5.74, 6) is 0. The summed E-state index contributed by atoms with van der Waals surface area (Å²) in [6, 6.07) is 2.52. The molecule has 90 valence electrons. The molecule has 1 heterocycles. The first-order valence-corrected chi connectivity index (χ1v) is 6.57. The average molecular weight is 265 g/mol. The minimum absolute atomic E-state index is 0.0542. The van der Waals surface area contributed by atoms with Crippen molar-refractivity contribution >= 4 is 21.6 Å². The maximum absolute atomic E-state index is 11.8. The van der Waals surface area contributed by atoms with Gasteiger partial charge >= 0.3 is 0 Å². The van der Waals surface area contributed by atoms with Crippen molar-refractivity contribution in [1.82, 2.24) is 9.71 Å². The van der Waals surface area contributed by atoms with E-state index < -0.39 is 10.0 Å². The van der Waals surface area contributed by atoms with Gasteiger partial charge in [-0.15, -0.1) is 0 Å². The van der Waals surface area contributed by atoms with Crippen molar-refractivity contribution in [3.8, 4) is 0 Å². The van der Waals surface area contributed by atoms with Crippen LogP contribution in [0.2, 0.25) is 5.15 Å². The van der Waals surface area contributed by atoms with Crippen molar-refractivity contribution in [1.29, 1.82) is 0 Å². The fraction of sp³-hybridized carbons (Fsp3) is 0.444. The molecule has 1 atom stereocenters. The molecule has 0 saturated carbocycles. The molecule has 1 aromatic heterocycles. The van der Waals surface area contributed by atoms with Gasteiger partial charge in [0.05, 0.1) is 0 Å². The lowest BCUT2D eigenvalue weighted by Gasteiger charge is -2.13. The van der Waals surface area contributed by atoms with Gasteiger partial charge in [-0.2, -0.15) is 0 Å². The summed E-state index contributed by atoms with van der Waals surface area (Å²) < 4.78 is 26.0. The van der Waals surface area contributed by atoms with E-state index in [1.54, 1.807) is 6.92 Å². The number of hydrogen-bond donors (Lipinski definition) is 2. The minimum atomic E-state index is -3.67. The molecule has 0 fully saturated rings. The molecule has 0 aromatic carbocycles. The lowest BCUT2D eigenvalue weighted by atomic mass is 10.3. The predicted molar refractivity (Wildman–Crippen MR) is 60.7 cm³/mol. The van der Waals surface area contributed by atoms with Crippen LogP contribution in [0.4, 0.5) is 0 Å². The molecular formula is C9H13ClN2O3S. The zero-order valence-electron chi connectivity index (χ0n) is 8.72. The third kappa shape index (κ3) is 3.41. The lowest BCUT2D eigenvalue weighted by molar-refractivity contribution is 0.275. The van der Waals surface area contributed by atoms with Gasteiger partial charge in [-0.3, -0.25) is 0 Å². The second kappa shape index (κ2) is 5.58. The summed E-state index contributed by atoms with van der Waals surface area (Å²) in [5, 5.41) is 8.62. The molecule has 0 radical (unpaired) electrons. The molecule has 0 aliphatic heterocycles. The van der Waals surface area contributed by atoms with Gasteiger partial charge in [0, 0.05) is 18.8 Å². The van der Waals surface area contributed by atoms with E-state index in [4.69, 9.17) is 16.7 Å². The van der Waals surface area contributed by atoms with Crippen LogP contribution < -0.4 is 4.72 Å². The third-order valence-corrected chi connectivity index (χ3v) is 3.97. The molecule has 0 aliphatic carbocycles. The first-order valence-electron chi connectivity index (χ1n) is 4.71. The summed E-state index contributed by atoms with van der Waals surface area (Å²) in [4.78, 5) is 3.64. The van der Waals surface area contributed by atoms with Crippen molar-refractivity contribution in [2.45, 2.75) is 24.3 Å². The molecule has 0 saturated heterocycles. The molecule has 7 heteroatoms. The number of nitrogens with one attached hydrogen (secondary N) is 1. The highest BCUT2D eigenvalue weighted by Gasteiger charge is 2.20. The zero-order chi connectivity index (χ0) is 12.2. The zero-order valence-corrected chi connectivity index (χ0v) is 10.3. The van der Waals surface area contributed by atoms with E-state index in [9.17, 15) is 8.42 Å². The smallest absolute Gasteiger partial charge is 0.243 e. The fourth-order valence-corrected chi connectivity index (χ4v) is 2.88. The van der Waals surface area contributed by atoms with E-state index in [0.717, 1.165) is 0 Å². The molecule has 5 nitrogen and oxygen atoms in total. The number of rotatable bonds is 5. The summed E-state index contributed by atoms with van der Waals surface area (Å²) in [6.45, 7) is 1.59. The molecule has 0 bridgehead atoms. The minimum Gasteiger partial charge on any atom is -0.396 e. The Kier molecular flexibility index (Phi) is 4.67. The number of hydrogen-bond acceptors (Lipinski definition) is 4. The molecule has 1 aromatic rings. The summed E-state index contributed by atoms with van der Waals surface area (Å²) >= 11 is 5.69. The molecule has 0 spiro atoms. The van der Waals surface area contributed by atoms with Crippen LogP contribution in [0, 0.1) is 0 Å². The number of nitrogens with zero attached hydrogens (tertiary/aromatic N) is 1. The SMILES string of the molecule is CC(CCO)NS(=O)(=O)c1cccnc1Cl. The maximum atomic E-state index is 11.8. The highest BCUT2D eigenvalue weighted by Crippen LogP contribution is 2.17. The van der Waals surface area contributed by atoms with E-state index in [-0.39, 0.29) is 22.7 Å². The van der Waals surface area contributed by atoms with Crippen LogP contribution in [-0.2, 0) is 10.0 Å². The van der Waals surface area contributed by atoms with Gasteiger partial charge in [0.1, 0.15) is 10.0 Å². The molecular weight excluding hydrogens is 252 g/mol. The number of sulfonamides is 1. The van der Waals surface area contributed by atoms with Gasteiger partial charge in [-0.25, -0.2) is 18.1 Å². The fourth-order valence-electron chi connectivity index (χ4n) is 1.15. The van der Waals surface area contributed by atoms with Gasteiger partial charge in [0.25, 0.3) is 0 Å². The van der Waals surface area contributed by atoms with E-state index >= 15 is 0 Å². The van der Waals surface area contributed by atoms with Gasteiger partial charge in [0.2, 0.25) is 10.0 Å². The second-order valence-electron chi connectivity index (χ2n) is 3.33. The Bertz CT molecular complexity index is 450. The number of pyridine rings is 1. The summed E-state index contributed by atoms with van der Waals surface area (Å²) in [5.41, 5.74) is 0. The van der Waals surface area contributed by atoms with Crippen molar-refractivity contribution < 1.29 is 13.5 Å². The van der Waals surface area contributed by atoms with Crippen LogP contribution in [0.25, 0.3) is 0 Å². The van der Waals surface area contributed by atoms with Crippen LogP contribution in [-0.4, -0.2) is 31.2 Å². The number of halogens is 1. The topological polar surface area (TPSA) is 79.3 Å². The molecule has 1 unspecified atom stereocenters. The number of aliphatic hydroxyl groups is 1. The van der Waals surface area contributed by atoms with Gasteiger partial charge in [0.15, 0.2) is 0 Å². The van der Waals surface area contributed by atoms with Crippen molar-refractivity contribution in [2.75, 3.05) is 6.61 Å². The Morgan fingerprint density at radius 1 is 1.62 bits per heavy atom. The molecule has 16 heavy (non-hydrogen) atoms. The van der Waals surface area contributed by atoms with Crippen LogP contribution in [0.15, 0.2) is 23.2 Å². The Balaban J connectivity index is 2.91. The Morgan fingerprint density at radius 3 is 2.88 bits per heavy atom. The normalized spacial score (nSPS) is 13.7. The molecule has 0 amide bonds. The first-order chi connectivity index (χ1) is 7.47. The Labute approximate surface area is 99.5 Å². The van der Waals surface area contributed by atoms with E-state index in [1.165, 1.54) is 18.3 Å². The second-order valence-corrected chi connectivity index (χ2v) is 5.37. The van der Waals surface area contributed by atoms with Crippen LogP contribution in [0.1, 0.15) is 13.3 Å². The van der Waals surface area contributed by atoms with Crippen LogP contribution in [0.3, 0.4) is 0 Å². The lowest BCUT2D eigenvalue weighted by Crippen LogP contribution is -2.33. The van der Waals surface area contributed by atoms with Crippen LogP contribution in [0.5, 0.6) is 0 Å². The van der Waals surface area contributed by atoms with E-state index in [0.29, 0.717) is 6.42 Å².